The Morgan fingerprint density at radius 1 is 1.32 bits per heavy atom. The first-order chi connectivity index (χ1) is 11.7. The number of halogens is 1. The van der Waals surface area contributed by atoms with Crippen LogP contribution in [0.3, 0.4) is 0 Å². The molecule has 0 saturated heterocycles. The molecule has 0 saturated carbocycles. The Morgan fingerprint density at radius 2 is 2.04 bits per heavy atom. The minimum Gasteiger partial charge on any atom is -0.487 e. The molecule has 1 aromatic carbocycles. The molecule has 1 aliphatic rings. The van der Waals surface area contributed by atoms with Crippen molar-refractivity contribution >= 4 is 29.2 Å². The molecule has 0 unspecified atom stereocenters. The lowest BCUT2D eigenvalue weighted by Crippen LogP contribution is -2.34. The summed E-state index contributed by atoms with van der Waals surface area (Å²) in [5.41, 5.74) is 2.46. The number of carbonyl (C=O) groups is 1. The normalized spacial score (nSPS) is 13.4. The van der Waals surface area contributed by atoms with Crippen LogP contribution in [0.1, 0.15) is 37.5 Å². The maximum Gasteiger partial charge on any atom is 0.420 e. The quantitative estimate of drug-likeness (QED) is 0.638. The van der Waals surface area contributed by atoms with Gasteiger partial charge in [0, 0.05) is 6.20 Å². The number of rotatable bonds is 0. The summed E-state index contributed by atoms with van der Waals surface area (Å²) in [5.74, 6) is 1.03. The first kappa shape index (κ1) is 17.5. The lowest BCUT2D eigenvalue weighted by atomic mass is 10.1. The largest absolute Gasteiger partial charge is 0.487 e. The molecule has 1 aromatic heterocycles. The molecule has 0 aliphatic carbocycles. The summed E-state index contributed by atoms with van der Waals surface area (Å²) >= 11 is 6.46. The summed E-state index contributed by atoms with van der Waals surface area (Å²) in [6.07, 6.45) is 1.14. The van der Waals surface area contributed by atoms with Gasteiger partial charge in [-0.25, -0.2) is 14.7 Å². The van der Waals surface area contributed by atoms with Gasteiger partial charge in [-0.15, -0.1) is 0 Å². The second kappa shape index (κ2) is 6.23. The van der Waals surface area contributed by atoms with Gasteiger partial charge in [-0.3, -0.25) is 0 Å². The third kappa shape index (κ3) is 3.42. The van der Waals surface area contributed by atoms with Crippen LogP contribution in [0.5, 0.6) is 5.75 Å². The standard InChI is InChI=1S/C19H21ClN2O3/c1-11-6-7-15-14(8-11)22(18(23)25-19(3,4)5)17-13(10-24-15)16(20)12(2)9-21-17/h6-9H,10H2,1-5H3. The second-order valence-electron chi connectivity index (χ2n) is 7.13. The number of nitrogens with zero attached hydrogens (tertiary/aromatic N) is 2. The van der Waals surface area contributed by atoms with Crippen LogP contribution in [0, 0.1) is 13.8 Å². The molecule has 6 heteroatoms. The van der Waals surface area contributed by atoms with Gasteiger partial charge in [0.1, 0.15) is 18.0 Å². The molecule has 3 rings (SSSR count). The predicted octanol–water partition coefficient (Wildman–Crippen LogP) is 5.32. The summed E-state index contributed by atoms with van der Waals surface area (Å²) in [6, 6.07) is 5.65. The van der Waals surface area contributed by atoms with Gasteiger partial charge in [0.25, 0.3) is 0 Å². The van der Waals surface area contributed by atoms with Crippen molar-refractivity contribution < 1.29 is 14.3 Å². The highest BCUT2D eigenvalue weighted by Gasteiger charge is 2.33. The summed E-state index contributed by atoms with van der Waals surface area (Å²) < 4.78 is 11.5. The number of aryl methyl sites for hydroxylation is 2. The van der Waals surface area contributed by atoms with E-state index < -0.39 is 11.7 Å². The Hall–Kier alpha value is -2.27. The molecule has 132 valence electrons. The maximum atomic E-state index is 13.0. The number of benzene rings is 1. The Morgan fingerprint density at radius 3 is 2.72 bits per heavy atom. The molecule has 5 nitrogen and oxygen atoms in total. The van der Waals surface area contributed by atoms with Crippen LogP contribution in [0.15, 0.2) is 24.4 Å². The smallest absolute Gasteiger partial charge is 0.420 e. The van der Waals surface area contributed by atoms with Gasteiger partial charge in [0.15, 0.2) is 5.82 Å². The van der Waals surface area contributed by atoms with Gasteiger partial charge in [-0.1, -0.05) is 17.7 Å². The maximum absolute atomic E-state index is 13.0. The zero-order chi connectivity index (χ0) is 18.4. The fourth-order valence-corrected chi connectivity index (χ4v) is 2.82. The summed E-state index contributed by atoms with van der Waals surface area (Å²) in [7, 11) is 0. The first-order valence-corrected chi connectivity index (χ1v) is 8.46. The number of pyridine rings is 1. The van der Waals surface area contributed by atoms with E-state index >= 15 is 0 Å². The van der Waals surface area contributed by atoms with Crippen molar-refractivity contribution in [2.24, 2.45) is 0 Å². The van der Waals surface area contributed by atoms with E-state index in [4.69, 9.17) is 21.1 Å². The average Bonchev–Trinajstić information content (AvgIpc) is 2.66. The lowest BCUT2D eigenvalue weighted by Gasteiger charge is -2.27. The predicted molar refractivity (Wildman–Crippen MR) is 97.9 cm³/mol. The number of aromatic nitrogens is 1. The van der Waals surface area contributed by atoms with Crippen molar-refractivity contribution in [1.29, 1.82) is 0 Å². The third-order valence-electron chi connectivity index (χ3n) is 3.78. The number of hydrogen-bond acceptors (Lipinski definition) is 4. The Balaban J connectivity index is 2.21. The molecule has 0 spiro atoms. The lowest BCUT2D eigenvalue weighted by molar-refractivity contribution is 0.0598. The number of amides is 1. The number of carbonyl (C=O) groups excluding carboxylic acids is 1. The van der Waals surface area contributed by atoms with E-state index in [0.717, 1.165) is 11.1 Å². The summed E-state index contributed by atoms with van der Waals surface area (Å²) in [6.45, 7) is 9.54. The van der Waals surface area contributed by atoms with Gasteiger partial charge < -0.3 is 9.47 Å². The highest BCUT2D eigenvalue weighted by Crippen LogP contribution is 2.42. The summed E-state index contributed by atoms with van der Waals surface area (Å²) in [5, 5.41) is 0.545. The molecule has 0 N–H and O–H groups in total. The fraction of sp³-hybridized carbons (Fsp3) is 0.368. The molecule has 2 aromatic rings. The van der Waals surface area contributed by atoms with Crippen LogP contribution < -0.4 is 9.64 Å². The zero-order valence-corrected chi connectivity index (χ0v) is 15.8. The number of fused-ring (bicyclic) bond motifs is 2. The molecule has 25 heavy (non-hydrogen) atoms. The average molecular weight is 361 g/mol. The molecular formula is C19H21ClN2O3. The van der Waals surface area contributed by atoms with Gasteiger partial charge >= 0.3 is 6.09 Å². The van der Waals surface area contributed by atoms with E-state index in [2.05, 4.69) is 4.98 Å². The van der Waals surface area contributed by atoms with Crippen molar-refractivity contribution in [3.63, 3.8) is 0 Å². The highest BCUT2D eigenvalue weighted by atomic mass is 35.5. The van der Waals surface area contributed by atoms with Gasteiger partial charge in [0.05, 0.1) is 16.3 Å². The van der Waals surface area contributed by atoms with E-state index in [1.165, 1.54) is 4.90 Å². The van der Waals surface area contributed by atoms with Crippen LogP contribution in [-0.4, -0.2) is 16.7 Å². The molecular weight excluding hydrogens is 340 g/mol. The Kier molecular flexibility index (Phi) is 4.37. The van der Waals surface area contributed by atoms with Crippen LogP contribution >= 0.6 is 11.6 Å². The van der Waals surface area contributed by atoms with E-state index in [9.17, 15) is 4.79 Å². The molecule has 0 radical (unpaired) electrons. The summed E-state index contributed by atoms with van der Waals surface area (Å²) in [4.78, 5) is 18.9. The molecule has 2 heterocycles. The molecule has 1 amide bonds. The minimum atomic E-state index is -0.636. The van der Waals surface area contributed by atoms with Gasteiger partial charge in [-0.05, 0) is 57.9 Å². The Bertz CT molecular complexity index is 843. The van der Waals surface area contributed by atoms with E-state index in [-0.39, 0.29) is 6.61 Å². The third-order valence-corrected chi connectivity index (χ3v) is 4.30. The monoisotopic (exact) mass is 360 g/mol. The highest BCUT2D eigenvalue weighted by molar-refractivity contribution is 6.32. The minimum absolute atomic E-state index is 0.234. The molecule has 0 atom stereocenters. The number of anilines is 2. The van der Waals surface area contributed by atoms with Crippen LogP contribution in [-0.2, 0) is 11.3 Å². The molecule has 0 bridgehead atoms. The number of ether oxygens (including phenoxy) is 2. The van der Waals surface area contributed by atoms with Crippen molar-refractivity contribution in [3.8, 4) is 5.75 Å². The zero-order valence-electron chi connectivity index (χ0n) is 15.0. The molecule has 1 aliphatic heterocycles. The van der Waals surface area contributed by atoms with Gasteiger partial charge in [0.2, 0.25) is 0 Å². The van der Waals surface area contributed by atoms with Crippen molar-refractivity contribution in [2.75, 3.05) is 4.90 Å². The number of hydrogen-bond donors (Lipinski definition) is 0. The van der Waals surface area contributed by atoms with E-state index in [1.807, 2.05) is 52.8 Å². The first-order valence-electron chi connectivity index (χ1n) is 8.08. The van der Waals surface area contributed by atoms with Crippen molar-refractivity contribution in [3.05, 3.63) is 46.1 Å². The van der Waals surface area contributed by atoms with Crippen molar-refractivity contribution in [2.45, 2.75) is 46.8 Å². The van der Waals surface area contributed by atoms with Crippen molar-refractivity contribution in [1.82, 2.24) is 4.98 Å². The van der Waals surface area contributed by atoms with Crippen LogP contribution in [0.4, 0.5) is 16.3 Å². The van der Waals surface area contributed by atoms with E-state index in [0.29, 0.717) is 27.8 Å². The van der Waals surface area contributed by atoms with E-state index in [1.54, 1.807) is 6.20 Å². The molecule has 0 fully saturated rings. The fourth-order valence-electron chi connectivity index (χ4n) is 2.63. The topological polar surface area (TPSA) is 51.7 Å². The second-order valence-corrected chi connectivity index (χ2v) is 7.51. The SMILES string of the molecule is Cc1ccc2c(c1)N(C(=O)OC(C)(C)C)c1ncc(C)c(Cl)c1CO2. The van der Waals surface area contributed by atoms with Crippen LogP contribution in [0.2, 0.25) is 5.02 Å². The van der Waals surface area contributed by atoms with Crippen LogP contribution in [0.25, 0.3) is 0 Å². The van der Waals surface area contributed by atoms with Gasteiger partial charge in [-0.2, -0.15) is 0 Å². The Labute approximate surface area is 152 Å².